The van der Waals surface area contributed by atoms with Crippen molar-refractivity contribution in [1.82, 2.24) is 9.80 Å². The molecule has 3 N–H and O–H groups in total. The van der Waals surface area contributed by atoms with Gasteiger partial charge in [-0.3, -0.25) is 4.79 Å². The Morgan fingerprint density at radius 2 is 1.76 bits per heavy atom. The summed E-state index contributed by atoms with van der Waals surface area (Å²) in [5.74, 6) is 0.750. The molecule has 2 fully saturated rings. The molecule has 5 heteroatoms. The molecule has 0 aromatic rings. The SMILES string of the molecule is CCC1CCN(CCC(O)CCN2CC(C(N)=O)C2)CC1. The van der Waals surface area contributed by atoms with Crippen LogP contribution in [-0.4, -0.2) is 66.2 Å². The fourth-order valence-electron chi connectivity index (χ4n) is 3.36. The summed E-state index contributed by atoms with van der Waals surface area (Å²) in [6.07, 6.45) is 5.38. The number of hydrogen-bond donors (Lipinski definition) is 2. The minimum Gasteiger partial charge on any atom is -0.393 e. The van der Waals surface area contributed by atoms with Crippen molar-refractivity contribution in [3.8, 4) is 0 Å². The molecule has 1 unspecified atom stereocenters. The van der Waals surface area contributed by atoms with Gasteiger partial charge >= 0.3 is 0 Å². The number of piperidine rings is 1. The molecule has 0 spiro atoms. The standard InChI is InChI=1S/C16H31N3O2/c1-2-13-3-7-18(8-4-13)9-5-15(20)6-10-19-11-14(12-19)16(17)21/h13-15,20H,2-12H2,1H3,(H2,17,21). The largest absolute Gasteiger partial charge is 0.393 e. The summed E-state index contributed by atoms with van der Waals surface area (Å²) in [4.78, 5) is 15.6. The second-order valence-corrected chi connectivity index (χ2v) is 6.78. The summed E-state index contributed by atoms with van der Waals surface area (Å²) in [6.45, 7) is 8.10. The number of amides is 1. The van der Waals surface area contributed by atoms with Crippen molar-refractivity contribution in [1.29, 1.82) is 0 Å². The van der Waals surface area contributed by atoms with Gasteiger partial charge in [0.2, 0.25) is 5.91 Å². The number of primary amides is 1. The highest BCUT2D eigenvalue weighted by atomic mass is 16.3. The summed E-state index contributed by atoms with van der Waals surface area (Å²) in [6, 6.07) is 0. The lowest BCUT2D eigenvalue weighted by atomic mass is 9.94. The van der Waals surface area contributed by atoms with E-state index in [-0.39, 0.29) is 17.9 Å². The van der Waals surface area contributed by atoms with Gasteiger partial charge in [0.25, 0.3) is 0 Å². The van der Waals surface area contributed by atoms with Gasteiger partial charge in [-0.2, -0.15) is 0 Å². The summed E-state index contributed by atoms with van der Waals surface area (Å²) in [5.41, 5.74) is 5.25. The summed E-state index contributed by atoms with van der Waals surface area (Å²) in [5, 5.41) is 10.1. The van der Waals surface area contributed by atoms with Gasteiger partial charge in [-0.15, -0.1) is 0 Å². The van der Waals surface area contributed by atoms with Crippen LogP contribution in [0.2, 0.25) is 0 Å². The van der Waals surface area contributed by atoms with E-state index in [1.165, 1.54) is 32.4 Å². The summed E-state index contributed by atoms with van der Waals surface area (Å²) < 4.78 is 0. The monoisotopic (exact) mass is 297 g/mol. The van der Waals surface area contributed by atoms with Crippen molar-refractivity contribution in [2.45, 2.75) is 45.1 Å². The van der Waals surface area contributed by atoms with Gasteiger partial charge in [0.05, 0.1) is 12.0 Å². The first-order valence-electron chi connectivity index (χ1n) is 8.50. The van der Waals surface area contributed by atoms with Gasteiger partial charge in [0, 0.05) is 26.2 Å². The quantitative estimate of drug-likeness (QED) is 0.691. The first-order valence-corrected chi connectivity index (χ1v) is 8.50. The zero-order valence-corrected chi connectivity index (χ0v) is 13.3. The van der Waals surface area contributed by atoms with E-state index in [0.29, 0.717) is 0 Å². The zero-order chi connectivity index (χ0) is 15.2. The Hall–Kier alpha value is -0.650. The topological polar surface area (TPSA) is 69.8 Å². The maximum Gasteiger partial charge on any atom is 0.223 e. The average Bonchev–Trinajstić information content (AvgIpc) is 2.43. The Bertz CT molecular complexity index is 323. The van der Waals surface area contributed by atoms with Crippen molar-refractivity contribution >= 4 is 5.91 Å². The van der Waals surface area contributed by atoms with Gasteiger partial charge in [-0.1, -0.05) is 13.3 Å². The van der Waals surface area contributed by atoms with Gasteiger partial charge in [0.1, 0.15) is 0 Å². The van der Waals surface area contributed by atoms with Crippen molar-refractivity contribution in [2.24, 2.45) is 17.6 Å². The minimum absolute atomic E-state index is 0.0296. The second kappa shape index (κ2) is 8.11. The molecular weight excluding hydrogens is 266 g/mol. The minimum atomic E-state index is -0.221. The number of nitrogens with zero attached hydrogens (tertiary/aromatic N) is 2. The third-order valence-electron chi connectivity index (χ3n) is 5.20. The van der Waals surface area contributed by atoms with Crippen LogP contribution < -0.4 is 5.73 Å². The van der Waals surface area contributed by atoms with E-state index >= 15 is 0 Å². The van der Waals surface area contributed by atoms with Gasteiger partial charge in [0.15, 0.2) is 0 Å². The lowest BCUT2D eigenvalue weighted by molar-refractivity contribution is -0.126. The smallest absolute Gasteiger partial charge is 0.223 e. The Labute approximate surface area is 128 Å². The normalized spacial score (nSPS) is 23.9. The molecule has 0 aromatic carbocycles. The van der Waals surface area contributed by atoms with E-state index in [1.54, 1.807) is 0 Å². The van der Waals surface area contributed by atoms with Gasteiger partial charge in [-0.05, 0) is 44.7 Å². The molecule has 1 atom stereocenters. The van der Waals surface area contributed by atoms with Crippen LogP contribution >= 0.6 is 0 Å². The lowest BCUT2D eigenvalue weighted by Gasteiger charge is -2.37. The highest BCUT2D eigenvalue weighted by Gasteiger charge is 2.30. The molecule has 2 aliphatic heterocycles. The highest BCUT2D eigenvalue weighted by Crippen LogP contribution is 2.20. The molecule has 21 heavy (non-hydrogen) atoms. The maximum atomic E-state index is 10.9. The number of nitrogens with two attached hydrogens (primary N) is 1. The van der Waals surface area contributed by atoms with E-state index in [1.807, 2.05) is 0 Å². The molecule has 5 nitrogen and oxygen atoms in total. The van der Waals surface area contributed by atoms with Crippen LogP contribution in [0.4, 0.5) is 0 Å². The first kappa shape index (κ1) is 16.7. The van der Waals surface area contributed by atoms with Gasteiger partial charge in [-0.25, -0.2) is 0 Å². The number of carbonyl (C=O) groups excluding carboxylic acids is 1. The summed E-state index contributed by atoms with van der Waals surface area (Å²) in [7, 11) is 0. The number of aliphatic hydroxyl groups is 1. The molecule has 0 aliphatic carbocycles. The number of rotatable bonds is 8. The number of likely N-dealkylation sites (tertiary alicyclic amines) is 2. The molecule has 0 radical (unpaired) electrons. The van der Waals surface area contributed by atoms with Crippen LogP contribution in [0.5, 0.6) is 0 Å². The highest BCUT2D eigenvalue weighted by molar-refractivity contribution is 5.78. The van der Waals surface area contributed by atoms with Crippen LogP contribution in [0.3, 0.4) is 0 Å². The Kier molecular flexibility index (Phi) is 6.45. The molecule has 0 bridgehead atoms. The number of carbonyl (C=O) groups is 1. The zero-order valence-electron chi connectivity index (χ0n) is 13.3. The molecule has 1 amide bonds. The third kappa shape index (κ3) is 5.24. The molecule has 2 aliphatic rings. The van der Waals surface area contributed by atoms with Crippen LogP contribution in [0.15, 0.2) is 0 Å². The van der Waals surface area contributed by atoms with E-state index in [0.717, 1.165) is 44.9 Å². The van der Waals surface area contributed by atoms with Crippen LogP contribution in [-0.2, 0) is 4.79 Å². The van der Waals surface area contributed by atoms with Crippen molar-refractivity contribution in [2.75, 3.05) is 39.3 Å². The van der Waals surface area contributed by atoms with E-state index in [9.17, 15) is 9.90 Å². The Balaban J connectivity index is 1.50. The van der Waals surface area contributed by atoms with E-state index in [4.69, 9.17) is 5.73 Å². The maximum absolute atomic E-state index is 10.9. The Morgan fingerprint density at radius 3 is 2.29 bits per heavy atom. The lowest BCUT2D eigenvalue weighted by Crippen LogP contribution is -2.52. The van der Waals surface area contributed by atoms with Crippen LogP contribution in [0.1, 0.15) is 39.0 Å². The second-order valence-electron chi connectivity index (χ2n) is 6.78. The molecule has 0 aromatic heterocycles. The van der Waals surface area contributed by atoms with Gasteiger partial charge < -0.3 is 20.6 Å². The molecule has 2 heterocycles. The number of aliphatic hydroxyl groups excluding tert-OH is 1. The molecule has 0 saturated carbocycles. The van der Waals surface area contributed by atoms with E-state index in [2.05, 4.69) is 16.7 Å². The molecule has 122 valence electrons. The fraction of sp³-hybridized carbons (Fsp3) is 0.938. The molecule has 2 rings (SSSR count). The third-order valence-corrected chi connectivity index (χ3v) is 5.20. The average molecular weight is 297 g/mol. The predicted molar refractivity (Wildman–Crippen MR) is 83.8 cm³/mol. The van der Waals surface area contributed by atoms with Crippen molar-refractivity contribution in [3.63, 3.8) is 0 Å². The fourth-order valence-corrected chi connectivity index (χ4v) is 3.36. The van der Waals surface area contributed by atoms with Crippen LogP contribution in [0.25, 0.3) is 0 Å². The van der Waals surface area contributed by atoms with E-state index < -0.39 is 0 Å². The summed E-state index contributed by atoms with van der Waals surface area (Å²) >= 11 is 0. The molecular formula is C16H31N3O2. The first-order chi connectivity index (χ1) is 10.1. The van der Waals surface area contributed by atoms with Crippen molar-refractivity contribution < 1.29 is 9.90 Å². The molecule has 2 saturated heterocycles. The van der Waals surface area contributed by atoms with Crippen LogP contribution in [0, 0.1) is 11.8 Å². The Morgan fingerprint density at radius 1 is 1.19 bits per heavy atom. The predicted octanol–water partition coefficient (Wildman–Crippen LogP) is 0.667. The van der Waals surface area contributed by atoms with Crippen molar-refractivity contribution in [3.05, 3.63) is 0 Å². The number of hydrogen-bond acceptors (Lipinski definition) is 4.